The number of thiazole rings is 1. The summed E-state index contributed by atoms with van der Waals surface area (Å²) < 4.78 is 63.3. The van der Waals surface area contributed by atoms with E-state index >= 15 is 0 Å². The van der Waals surface area contributed by atoms with Crippen LogP contribution in [0.5, 0.6) is 0 Å². The minimum absolute atomic E-state index is 0. The standard InChI is InChI=1S/C16H20F3N5O2S2.HI/c1-20-15(23-8-14-24-13(9-27-14)16(17,18)19)22-7-11-4-3-5-12(6-11)10-28(25,26)21-2;/h3-6,9,21H,7-8,10H2,1-2H3,(H2,20,22,23);1H. The molecule has 0 bridgehead atoms. The number of nitrogens with zero attached hydrogens (tertiary/aromatic N) is 2. The fourth-order valence-electron chi connectivity index (χ4n) is 2.21. The van der Waals surface area contributed by atoms with Crippen LogP contribution in [-0.2, 0) is 35.0 Å². The highest BCUT2D eigenvalue weighted by Gasteiger charge is 2.33. The summed E-state index contributed by atoms with van der Waals surface area (Å²) in [5.41, 5.74) is 0.560. The highest BCUT2D eigenvalue weighted by atomic mass is 127. The van der Waals surface area contributed by atoms with Crippen LogP contribution in [0.15, 0.2) is 34.6 Å². The molecule has 0 saturated carbocycles. The first-order valence-electron chi connectivity index (χ1n) is 8.08. The van der Waals surface area contributed by atoms with Crippen LogP contribution >= 0.6 is 35.3 Å². The Labute approximate surface area is 188 Å². The Bertz CT molecular complexity index is 933. The first-order valence-corrected chi connectivity index (χ1v) is 10.6. The number of hydrogen-bond donors (Lipinski definition) is 3. The van der Waals surface area contributed by atoms with E-state index in [1.165, 1.54) is 14.1 Å². The first-order chi connectivity index (χ1) is 13.1. The molecular weight excluding hydrogens is 542 g/mol. The van der Waals surface area contributed by atoms with Crippen molar-refractivity contribution in [1.29, 1.82) is 0 Å². The lowest BCUT2D eigenvalue weighted by atomic mass is 10.1. The predicted molar refractivity (Wildman–Crippen MR) is 118 cm³/mol. The largest absolute Gasteiger partial charge is 0.434 e. The van der Waals surface area contributed by atoms with E-state index in [-0.39, 0.29) is 41.3 Å². The van der Waals surface area contributed by atoms with E-state index in [0.29, 0.717) is 18.1 Å². The van der Waals surface area contributed by atoms with Crippen molar-refractivity contribution in [2.75, 3.05) is 14.1 Å². The smallest absolute Gasteiger partial charge is 0.352 e. The minimum Gasteiger partial charge on any atom is -0.352 e. The number of aliphatic imine (C=N–C) groups is 1. The third-order valence-corrected chi connectivity index (χ3v) is 5.78. The molecule has 0 unspecified atom stereocenters. The Morgan fingerprint density at radius 1 is 1.21 bits per heavy atom. The Hall–Kier alpha value is -1.45. The second-order valence-corrected chi connectivity index (χ2v) is 8.56. The molecule has 0 spiro atoms. The van der Waals surface area contributed by atoms with Crippen molar-refractivity contribution in [1.82, 2.24) is 20.3 Å². The van der Waals surface area contributed by atoms with Crippen molar-refractivity contribution in [3.8, 4) is 0 Å². The van der Waals surface area contributed by atoms with Gasteiger partial charge >= 0.3 is 6.18 Å². The topological polar surface area (TPSA) is 95.5 Å². The number of hydrogen-bond acceptors (Lipinski definition) is 5. The molecule has 7 nitrogen and oxygen atoms in total. The third-order valence-electron chi connectivity index (χ3n) is 3.59. The van der Waals surface area contributed by atoms with Crippen molar-refractivity contribution in [3.05, 3.63) is 51.5 Å². The molecular formula is C16H21F3IN5O2S2. The summed E-state index contributed by atoms with van der Waals surface area (Å²) in [6.45, 7) is 0.458. The Morgan fingerprint density at radius 2 is 1.86 bits per heavy atom. The molecule has 0 amide bonds. The molecule has 2 aromatic rings. The van der Waals surface area contributed by atoms with Crippen molar-refractivity contribution in [3.63, 3.8) is 0 Å². The summed E-state index contributed by atoms with van der Waals surface area (Å²) in [7, 11) is -0.472. The molecule has 3 N–H and O–H groups in total. The first kappa shape index (κ1) is 25.6. The highest BCUT2D eigenvalue weighted by Crippen LogP contribution is 2.29. The molecule has 0 saturated heterocycles. The van der Waals surface area contributed by atoms with E-state index in [2.05, 4.69) is 25.3 Å². The van der Waals surface area contributed by atoms with Crippen LogP contribution in [0.4, 0.5) is 13.2 Å². The number of benzene rings is 1. The fraction of sp³-hybridized carbons (Fsp3) is 0.375. The van der Waals surface area contributed by atoms with Crippen molar-refractivity contribution in [2.45, 2.75) is 25.0 Å². The van der Waals surface area contributed by atoms with Gasteiger partial charge in [0.15, 0.2) is 11.7 Å². The average molecular weight is 563 g/mol. The molecule has 162 valence electrons. The number of alkyl halides is 3. The lowest BCUT2D eigenvalue weighted by Crippen LogP contribution is -2.36. The second-order valence-electron chi connectivity index (χ2n) is 5.69. The fourth-order valence-corrected chi connectivity index (χ4v) is 3.71. The molecule has 29 heavy (non-hydrogen) atoms. The van der Waals surface area contributed by atoms with Crippen LogP contribution in [0.1, 0.15) is 21.8 Å². The van der Waals surface area contributed by atoms with Gasteiger partial charge in [0.25, 0.3) is 0 Å². The van der Waals surface area contributed by atoms with Gasteiger partial charge in [0.2, 0.25) is 10.0 Å². The highest BCUT2D eigenvalue weighted by molar-refractivity contribution is 14.0. The SMILES string of the molecule is CN=C(NCc1cccc(CS(=O)(=O)NC)c1)NCc1nc(C(F)(F)F)cs1.I. The van der Waals surface area contributed by atoms with Gasteiger partial charge in [-0.05, 0) is 18.2 Å². The summed E-state index contributed by atoms with van der Waals surface area (Å²) >= 11 is 0.913. The third kappa shape index (κ3) is 8.44. The van der Waals surface area contributed by atoms with E-state index in [1.807, 2.05) is 6.07 Å². The molecule has 2 rings (SSSR count). The molecule has 0 radical (unpaired) electrons. The van der Waals surface area contributed by atoms with Gasteiger partial charge in [-0.1, -0.05) is 24.3 Å². The van der Waals surface area contributed by atoms with Gasteiger partial charge in [-0.3, -0.25) is 4.99 Å². The van der Waals surface area contributed by atoms with Gasteiger partial charge < -0.3 is 10.6 Å². The maximum Gasteiger partial charge on any atom is 0.434 e. The summed E-state index contributed by atoms with van der Waals surface area (Å²) in [5.74, 6) is 0.257. The van der Waals surface area contributed by atoms with Gasteiger partial charge in [-0.2, -0.15) is 13.2 Å². The Kier molecular flexibility index (Phi) is 9.78. The second kappa shape index (κ2) is 11.1. The monoisotopic (exact) mass is 563 g/mol. The van der Waals surface area contributed by atoms with Gasteiger partial charge in [0.1, 0.15) is 5.01 Å². The van der Waals surface area contributed by atoms with Crippen LogP contribution in [-0.4, -0.2) is 33.5 Å². The van der Waals surface area contributed by atoms with E-state index in [1.54, 1.807) is 18.2 Å². The zero-order valence-corrected chi connectivity index (χ0v) is 19.5. The van der Waals surface area contributed by atoms with Crippen molar-refractivity contribution >= 4 is 51.3 Å². The lowest BCUT2D eigenvalue weighted by molar-refractivity contribution is -0.140. The van der Waals surface area contributed by atoms with Gasteiger partial charge in [-0.15, -0.1) is 35.3 Å². The average Bonchev–Trinajstić information content (AvgIpc) is 3.11. The number of rotatable bonds is 7. The molecule has 0 atom stereocenters. The van der Waals surface area contributed by atoms with Crippen LogP contribution < -0.4 is 15.4 Å². The zero-order valence-electron chi connectivity index (χ0n) is 15.6. The molecule has 1 aromatic carbocycles. The van der Waals surface area contributed by atoms with Crippen LogP contribution in [0.2, 0.25) is 0 Å². The van der Waals surface area contributed by atoms with Crippen molar-refractivity contribution in [2.24, 2.45) is 4.99 Å². The summed E-state index contributed by atoms with van der Waals surface area (Å²) in [5, 5.41) is 7.18. The van der Waals surface area contributed by atoms with E-state index < -0.39 is 21.9 Å². The van der Waals surface area contributed by atoms with Gasteiger partial charge in [0, 0.05) is 19.0 Å². The summed E-state index contributed by atoms with van der Waals surface area (Å²) in [6.07, 6.45) is -4.46. The normalized spacial score (nSPS) is 12.4. The minimum atomic E-state index is -4.46. The number of halogens is 4. The Morgan fingerprint density at radius 3 is 2.45 bits per heavy atom. The van der Waals surface area contributed by atoms with E-state index in [0.717, 1.165) is 22.3 Å². The number of sulfonamides is 1. The predicted octanol–water partition coefficient (Wildman–Crippen LogP) is 2.69. The molecule has 0 aliphatic heterocycles. The van der Waals surface area contributed by atoms with Crippen molar-refractivity contribution < 1.29 is 21.6 Å². The molecule has 1 heterocycles. The maximum atomic E-state index is 12.6. The van der Waals surface area contributed by atoms with Gasteiger partial charge in [0.05, 0.1) is 12.3 Å². The maximum absolute atomic E-state index is 12.6. The summed E-state index contributed by atoms with van der Waals surface area (Å²) in [6, 6.07) is 7.05. The summed E-state index contributed by atoms with van der Waals surface area (Å²) in [4.78, 5) is 7.56. The number of nitrogens with one attached hydrogen (secondary N) is 3. The van der Waals surface area contributed by atoms with Crippen LogP contribution in [0.3, 0.4) is 0 Å². The van der Waals surface area contributed by atoms with Gasteiger partial charge in [-0.25, -0.2) is 18.1 Å². The van der Waals surface area contributed by atoms with Crippen LogP contribution in [0, 0.1) is 0 Å². The van der Waals surface area contributed by atoms with E-state index in [9.17, 15) is 21.6 Å². The molecule has 0 fully saturated rings. The molecule has 0 aliphatic rings. The van der Waals surface area contributed by atoms with Crippen LogP contribution in [0.25, 0.3) is 0 Å². The number of guanidine groups is 1. The number of aromatic nitrogens is 1. The zero-order chi connectivity index (χ0) is 20.8. The molecule has 1 aromatic heterocycles. The lowest BCUT2D eigenvalue weighted by Gasteiger charge is -2.12. The molecule has 0 aliphatic carbocycles. The van der Waals surface area contributed by atoms with E-state index in [4.69, 9.17) is 0 Å². The Balaban J connectivity index is 0.00000420. The molecule has 13 heteroatoms. The quantitative estimate of drug-likeness (QED) is 0.274.